The van der Waals surface area contributed by atoms with Crippen molar-refractivity contribution in [1.82, 2.24) is 0 Å². The molecule has 2 aliphatic rings. The number of carbonyl (C=O) groups excluding carboxylic acids is 2. The van der Waals surface area contributed by atoms with E-state index in [2.05, 4.69) is 27.0 Å². The highest BCUT2D eigenvalue weighted by molar-refractivity contribution is 9.10. The third kappa shape index (κ3) is 3.01. The van der Waals surface area contributed by atoms with Crippen LogP contribution in [-0.2, 0) is 4.79 Å². The third-order valence-corrected chi connectivity index (χ3v) is 6.28. The van der Waals surface area contributed by atoms with Crippen LogP contribution < -0.4 is 9.80 Å². The van der Waals surface area contributed by atoms with Gasteiger partial charge in [-0.1, -0.05) is 18.5 Å². The van der Waals surface area contributed by atoms with E-state index in [0.717, 1.165) is 12.1 Å². The average Bonchev–Trinajstić information content (AvgIpc) is 2.99. The van der Waals surface area contributed by atoms with E-state index in [4.69, 9.17) is 11.6 Å². The van der Waals surface area contributed by atoms with Crippen LogP contribution in [0.3, 0.4) is 0 Å². The van der Waals surface area contributed by atoms with Crippen molar-refractivity contribution >= 4 is 56.6 Å². The first-order valence-corrected chi connectivity index (χ1v) is 10.4. The largest absolute Gasteiger partial charge is 0.312 e. The number of benzene rings is 2. The van der Waals surface area contributed by atoms with Crippen molar-refractivity contribution in [3.8, 4) is 6.07 Å². The van der Waals surface area contributed by atoms with Crippen molar-refractivity contribution in [2.24, 2.45) is 4.99 Å². The lowest BCUT2D eigenvalue weighted by Gasteiger charge is -2.32. The molecule has 0 fully saturated rings. The maximum absolute atomic E-state index is 13.8. The molecule has 2 aromatic carbocycles. The molecule has 1 amide bonds. The molecule has 0 saturated heterocycles. The normalized spacial score (nSPS) is 17.4. The summed E-state index contributed by atoms with van der Waals surface area (Å²) < 4.78 is 14.1. The first kappa shape index (κ1) is 20.5. The van der Waals surface area contributed by atoms with Crippen LogP contribution in [0.15, 0.2) is 33.7 Å². The van der Waals surface area contributed by atoms with E-state index in [1.165, 1.54) is 6.07 Å². The molecule has 4 rings (SSSR count). The quantitative estimate of drug-likeness (QED) is 0.586. The van der Waals surface area contributed by atoms with E-state index in [1.807, 2.05) is 11.8 Å². The van der Waals surface area contributed by atoms with Gasteiger partial charge < -0.3 is 9.80 Å². The Hall–Kier alpha value is -2.76. The average molecular weight is 490 g/mol. The number of ketones is 1. The zero-order chi connectivity index (χ0) is 21.7. The van der Waals surface area contributed by atoms with Crippen LogP contribution >= 0.6 is 27.5 Å². The molecular formula is C21H15BrClFN4O2. The van der Waals surface area contributed by atoms with Gasteiger partial charge in [-0.05, 0) is 46.6 Å². The molecule has 1 atom stereocenters. The second-order valence-corrected chi connectivity index (χ2v) is 8.30. The van der Waals surface area contributed by atoms with E-state index in [1.54, 1.807) is 18.0 Å². The summed E-state index contributed by atoms with van der Waals surface area (Å²) in [6, 6.07) is 7.25. The van der Waals surface area contributed by atoms with Crippen molar-refractivity contribution in [3.05, 3.63) is 56.3 Å². The molecule has 0 aromatic heterocycles. The van der Waals surface area contributed by atoms with Crippen LogP contribution in [0.2, 0.25) is 5.02 Å². The fraction of sp³-hybridized carbons (Fsp3) is 0.238. The highest BCUT2D eigenvalue weighted by Crippen LogP contribution is 2.46. The van der Waals surface area contributed by atoms with E-state index < -0.39 is 11.6 Å². The first-order chi connectivity index (χ1) is 14.3. The van der Waals surface area contributed by atoms with E-state index in [9.17, 15) is 19.2 Å². The number of guanidine groups is 1. The molecule has 2 aromatic rings. The minimum Gasteiger partial charge on any atom is -0.312 e. The lowest BCUT2D eigenvalue weighted by atomic mass is 9.96. The second-order valence-electron chi connectivity index (χ2n) is 7.04. The van der Waals surface area contributed by atoms with Crippen molar-refractivity contribution < 1.29 is 14.0 Å². The van der Waals surface area contributed by atoms with Crippen LogP contribution in [0.25, 0.3) is 0 Å². The van der Waals surface area contributed by atoms with Crippen molar-refractivity contribution in [1.29, 1.82) is 5.26 Å². The number of halogens is 3. The Balaban J connectivity index is 1.96. The standard InChI is InChI=1S/C21H15BrClFN4O2/c1-3-11-7-17(29)26-21-27(2)19-13(9-25)18(14(22)8-16(19)28(11)21)20(30)12-6-10(24)4-5-15(12)23/h4-6,8,11H,3,7H2,1-2H3/t11-/m1/s1. The minimum absolute atomic E-state index is 0.0360. The van der Waals surface area contributed by atoms with Gasteiger partial charge in [-0.15, -0.1) is 0 Å². The van der Waals surface area contributed by atoms with Crippen LogP contribution in [0.4, 0.5) is 15.8 Å². The monoisotopic (exact) mass is 488 g/mol. The topological polar surface area (TPSA) is 76.8 Å². The highest BCUT2D eigenvalue weighted by atomic mass is 79.9. The predicted octanol–water partition coefficient (Wildman–Crippen LogP) is 4.67. The number of rotatable bonds is 3. The van der Waals surface area contributed by atoms with E-state index >= 15 is 0 Å². The Morgan fingerprint density at radius 2 is 2.17 bits per heavy atom. The van der Waals surface area contributed by atoms with Gasteiger partial charge in [-0.2, -0.15) is 10.3 Å². The smallest absolute Gasteiger partial charge is 0.250 e. The van der Waals surface area contributed by atoms with Gasteiger partial charge in [0.25, 0.3) is 5.91 Å². The maximum Gasteiger partial charge on any atom is 0.250 e. The van der Waals surface area contributed by atoms with Gasteiger partial charge in [-0.25, -0.2) is 4.39 Å². The zero-order valence-corrected chi connectivity index (χ0v) is 18.4. The minimum atomic E-state index is -0.605. The molecule has 0 N–H and O–H groups in total. The van der Waals surface area contributed by atoms with Gasteiger partial charge in [0.1, 0.15) is 11.9 Å². The number of fused-ring (bicyclic) bond motifs is 3. The lowest BCUT2D eigenvalue weighted by molar-refractivity contribution is -0.118. The molecule has 152 valence electrons. The summed E-state index contributed by atoms with van der Waals surface area (Å²) in [5.41, 5.74) is 1.30. The molecule has 0 spiro atoms. The SMILES string of the molecule is CC[C@@H]1CC(=O)N=C2N(C)c3c(cc(Br)c(C(=O)c4cc(F)ccc4Cl)c3C#N)N21. The summed E-state index contributed by atoms with van der Waals surface area (Å²) in [5, 5.41) is 10.1. The molecule has 0 aliphatic carbocycles. The number of hydrogen-bond acceptors (Lipinski definition) is 5. The van der Waals surface area contributed by atoms with Gasteiger partial charge in [0.2, 0.25) is 5.96 Å². The Bertz CT molecular complexity index is 1190. The van der Waals surface area contributed by atoms with Gasteiger partial charge in [0.05, 0.1) is 27.5 Å². The van der Waals surface area contributed by atoms with Crippen LogP contribution in [0, 0.1) is 17.1 Å². The summed E-state index contributed by atoms with van der Waals surface area (Å²) in [6.45, 7) is 1.98. The molecule has 0 radical (unpaired) electrons. The van der Waals surface area contributed by atoms with Crippen LogP contribution in [-0.4, -0.2) is 30.7 Å². The first-order valence-electron chi connectivity index (χ1n) is 9.19. The maximum atomic E-state index is 13.8. The third-order valence-electron chi connectivity index (χ3n) is 5.33. The highest BCUT2D eigenvalue weighted by Gasteiger charge is 2.42. The van der Waals surface area contributed by atoms with E-state index in [0.29, 0.717) is 28.2 Å². The molecule has 6 nitrogen and oxygen atoms in total. The second kappa shape index (κ2) is 7.49. The van der Waals surface area contributed by atoms with Gasteiger partial charge in [-0.3, -0.25) is 9.59 Å². The number of hydrogen-bond donors (Lipinski definition) is 0. The van der Waals surface area contributed by atoms with Gasteiger partial charge in [0, 0.05) is 29.5 Å². The Morgan fingerprint density at radius 3 is 2.83 bits per heavy atom. The predicted molar refractivity (Wildman–Crippen MR) is 116 cm³/mol. The summed E-state index contributed by atoms with van der Waals surface area (Å²) in [5.74, 6) is -0.987. The summed E-state index contributed by atoms with van der Waals surface area (Å²) >= 11 is 9.54. The fourth-order valence-corrected chi connectivity index (χ4v) is 4.72. The summed E-state index contributed by atoms with van der Waals surface area (Å²) in [6.07, 6.45) is 0.976. The fourth-order valence-electron chi connectivity index (χ4n) is 3.92. The molecule has 2 heterocycles. The van der Waals surface area contributed by atoms with Crippen LogP contribution in [0.5, 0.6) is 0 Å². The van der Waals surface area contributed by atoms with Crippen molar-refractivity contribution in [3.63, 3.8) is 0 Å². The van der Waals surface area contributed by atoms with Gasteiger partial charge >= 0.3 is 0 Å². The number of aliphatic imine (C=N–C) groups is 1. The molecule has 30 heavy (non-hydrogen) atoms. The molecular weight excluding hydrogens is 475 g/mol. The van der Waals surface area contributed by atoms with Gasteiger partial charge in [0.15, 0.2) is 5.78 Å². The number of amides is 1. The number of nitrogens with zero attached hydrogens (tertiary/aromatic N) is 4. The molecule has 9 heteroatoms. The molecule has 0 unspecified atom stereocenters. The van der Waals surface area contributed by atoms with Crippen molar-refractivity contribution in [2.45, 2.75) is 25.8 Å². The molecule has 2 aliphatic heterocycles. The van der Waals surface area contributed by atoms with Crippen LogP contribution in [0.1, 0.15) is 41.3 Å². The Morgan fingerprint density at radius 1 is 1.43 bits per heavy atom. The zero-order valence-electron chi connectivity index (χ0n) is 16.0. The number of carbonyl (C=O) groups is 2. The Kier molecular flexibility index (Phi) is 5.12. The molecule has 0 bridgehead atoms. The lowest BCUT2D eigenvalue weighted by Crippen LogP contribution is -2.47. The Labute approximate surface area is 185 Å². The number of anilines is 2. The van der Waals surface area contributed by atoms with E-state index in [-0.39, 0.29) is 40.1 Å². The number of nitriles is 1. The summed E-state index contributed by atoms with van der Waals surface area (Å²) in [7, 11) is 1.70. The molecule has 0 saturated carbocycles. The summed E-state index contributed by atoms with van der Waals surface area (Å²) in [4.78, 5) is 33.1. The van der Waals surface area contributed by atoms with Crippen molar-refractivity contribution in [2.75, 3.05) is 16.8 Å².